The topological polar surface area (TPSA) is 49.4 Å². The number of nitrogens with one attached hydrogen (secondary N) is 1. The number of nitrogens with zero attached hydrogens (tertiary/aromatic N) is 1. The second kappa shape index (κ2) is 6.42. The van der Waals surface area contributed by atoms with Crippen LogP contribution in [0.3, 0.4) is 0 Å². The van der Waals surface area contributed by atoms with Gasteiger partial charge in [0.15, 0.2) is 0 Å². The molecule has 1 fully saturated rings. The molecule has 0 spiro atoms. The van der Waals surface area contributed by atoms with E-state index in [4.69, 9.17) is 0 Å². The Balaban J connectivity index is 2.45. The van der Waals surface area contributed by atoms with Gasteiger partial charge in [-0.1, -0.05) is 12.5 Å². The number of hydrogen-bond donors (Lipinski definition) is 1. The highest BCUT2D eigenvalue weighted by atomic mass is 32.2. The lowest BCUT2D eigenvalue weighted by Crippen LogP contribution is -2.47. The van der Waals surface area contributed by atoms with E-state index in [2.05, 4.69) is 5.32 Å². The van der Waals surface area contributed by atoms with Crippen molar-refractivity contribution >= 4 is 10.0 Å². The summed E-state index contributed by atoms with van der Waals surface area (Å²) in [4.78, 5) is -0.212. The molecule has 0 aromatic heterocycles. The average Bonchev–Trinajstić information content (AvgIpc) is 2.40. The fraction of sp³-hybridized carbons (Fsp3) is 0.600. The highest BCUT2D eigenvalue weighted by Gasteiger charge is 2.37. The summed E-state index contributed by atoms with van der Waals surface area (Å²) in [7, 11) is -2.03. The Morgan fingerprint density at radius 3 is 2.48 bits per heavy atom. The van der Waals surface area contributed by atoms with Crippen LogP contribution in [0.15, 0.2) is 23.1 Å². The molecule has 6 heteroatoms. The highest BCUT2D eigenvalue weighted by molar-refractivity contribution is 7.89. The van der Waals surface area contributed by atoms with Crippen molar-refractivity contribution in [2.75, 3.05) is 7.05 Å². The molecule has 0 radical (unpaired) electrons. The minimum absolute atomic E-state index is 0.0916. The molecular formula is C15H23FN2O2S. The van der Waals surface area contributed by atoms with Crippen LogP contribution in [-0.2, 0) is 16.6 Å². The Labute approximate surface area is 126 Å². The Morgan fingerprint density at radius 2 is 1.90 bits per heavy atom. The molecule has 0 amide bonds. The van der Waals surface area contributed by atoms with E-state index in [-0.39, 0.29) is 17.0 Å². The maximum Gasteiger partial charge on any atom is 0.246 e. The smallest absolute Gasteiger partial charge is 0.246 e. The van der Waals surface area contributed by atoms with E-state index in [1.165, 1.54) is 16.4 Å². The molecule has 118 valence electrons. The standard InChI is InChI=1S/C15H23FN2O2S/c1-11-5-4-6-12(2)18(11)21(19,20)15-9-13(10-17-3)7-8-14(15)16/h7-9,11-12,17H,4-6,10H2,1-3H3. The Morgan fingerprint density at radius 1 is 1.29 bits per heavy atom. The maximum absolute atomic E-state index is 14.1. The summed E-state index contributed by atoms with van der Waals surface area (Å²) in [5.41, 5.74) is 0.759. The molecule has 1 N–H and O–H groups in total. The third-order valence-corrected chi connectivity index (χ3v) is 6.19. The molecule has 1 saturated heterocycles. The molecule has 1 aromatic rings. The summed E-state index contributed by atoms with van der Waals surface area (Å²) in [5.74, 6) is -0.681. The van der Waals surface area contributed by atoms with Crippen LogP contribution < -0.4 is 5.32 Å². The molecule has 2 unspecified atom stereocenters. The SMILES string of the molecule is CNCc1ccc(F)c(S(=O)(=O)N2C(C)CCCC2C)c1. The molecule has 1 aromatic carbocycles. The van der Waals surface area contributed by atoms with Crippen molar-refractivity contribution in [3.63, 3.8) is 0 Å². The number of piperidine rings is 1. The van der Waals surface area contributed by atoms with E-state index < -0.39 is 15.8 Å². The van der Waals surface area contributed by atoms with Crippen molar-refractivity contribution in [3.05, 3.63) is 29.6 Å². The summed E-state index contributed by atoms with van der Waals surface area (Å²) < 4.78 is 41.3. The molecule has 0 bridgehead atoms. The monoisotopic (exact) mass is 314 g/mol. The zero-order valence-electron chi connectivity index (χ0n) is 12.8. The third kappa shape index (κ3) is 3.27. The van der Waals surface area contributed by atoms with Gasteiger partial charge in [-0.05, 0) is 51.4 Å². The second-order valence-corrected chi connectivity index (χ2v) is 7.57. The van der Waals surface area contributed by atoms with Crippen LogP contribution in [0.2, 0.25) is 0 Å². The fourth-order valence-corrected chi connectivity index (χ4v) is 5.04. The minimum atomic E-state index is -3.80. The van der Waals surface area contributed by atoms with Crippen LogP contribution in [0, 0.1) is 5.82 Å². The quantitative estimate of drug-likeness (QED) is 0.929. The Hall–Kier alpha value is -0.980. The summed E-state index contributed by atoms with van der Waals surface area (Å²) in [6.45, 7) is 4.29. The Bertz CT molecular complexity index is 594. The number of rotatable bonds is 4. The lowest BCUT2D eigenvalue weighted by Gasteiger charge is -2.37. The first-order valence-electron chi connectivity index (χ1n) is 7.34. The summed E-state index contributed by atoms with van der Waals surface area (Å²) in [6.07, 6.45) is 2.65. The fourth-order valence-electron chi connectivity index (χ4n) is 3.04. The third-order valence-electron chi connectivity index (χ3n) is 4.04. The van der Waals surface area contributed by atoms with Gasteiger partial charge in [-0.25, -0.2) is 12.8 Å². The first kappa shape index (κ1) is 16.4. The van der Waals surface area contributed by atoms with Gasteiger partial charge in [-0.3, -0.25) is 0 Å². The number of halogens is 1. The van der Waals surface area contributed by atoms with Gasteiger partial charge in [0.2, 0.25) is 10.0 Å². The van der Waals surface area contributed by atoms with Gasteiger partial charge in [0.1, 0.15) is 10.7 Å². The lowest BCUT2D eigenvalue weighted by molar-refractivity contribution is 0.203. The predicted molar refractivity (Wildman–Crippen MR) is 81.0 cm³/mol. The highest BCUT2D eigenvalue weighted by Crippen LogP contribution is 2.30. The van der Waals surface area contributed by atoms with E-state index in [1.54, 1.807) is 13.1 Å². The van der Waals surface area contributed by atoms with Crippen molar-refractivity contribution in [3.8, 4) is 0 Å². The molecule has 1 aliphatic heterocycles. The van der Waals surface area contributed by atoms with Crippen molar-refractivity contribution in [1.29, 1.82) is 0 Å². The molecule has 1 heterocycles. The van der Waals surface area contributed by atoms with E-state index >= 15 is 0 Å². The molecule has 2 rings (SSSR count). The zero-order valence-corrected chi connectivity index (χ0v) is 13.6. The van der Waals surface area contributed by atoms with Crippen LogP contribution in [0.4, 0.5) is 4.39 Å². The van der Waals surface area contributed by atoms with Gasteiger partial charge in [-0.2, -0.15) is 4.31 Å². The van der Waals surface area contributed by atoms with Crippen molar-refractivity contribution in [2.24, 2.45) is 0 Å². The van der Waals surface area contributed by atoms with Crippen LogP contribution in [0.5, 0.6) is 0 Å². The van der Waals surface area contributed by atoms with E-state index in [0.29, 0.717) is 6.54 Å². The van der Waals surface area contributed by atoms with Crippen molar-refractivity contribution in [2.45, 2.75) is 56.6 Å². The number of hydrogen-bond acceptors (Lipinski definition) is 3. The molecule has 21 heavy (non-hydrogen) atoms. The first-order chi connectivity index (χ1) is 9.87. The van der Waals surface area contributed by atoms with Crippen molar-refractivity contribution < 1.29 is 12.8 Å². The zero-order chi connectivity index (χ0) is 15.6. The van der Waals surface area contributed by atoms with Crippen LogP contribution in [0.25, 0.3) is 0 Å². The number of sulfonamides is 1. The Kier molecular flexibility index (Phi) is 5.01. The molecule has 1 aliphatic rings. The van der Waals surface area contributed by atoms with E-state index in [9.17, 15) is 12.8 Å². The van der Waals surface area contributed by atoms with Gasteiger partial charge in [0, 0.05) is 18.6 Å². The number of benzene rings is 1. The van der Waals surface area contributed by atoms with Crippen molar-refractivity contribution in [1.82, 2.24) is 9.62 Å². The van der Waals surface area contributed by atoms with Gasteiger partial charge in [0.25, 0.3) is 0 Å². The molecule has 4 nitrogen and oxygen atoms in total. The summed E-state index contributed by atoms with van der Waals surface area (Å²) in [6, 6.07) is 4.10. The largest absolute Gasteiger partial charge is 0.316 e. The van der Waals surface area contributed by atoms with Gasteiger partial charge in [0.05, 0.1) is 0 Å². The van der Waals surface area contributed by atoms with Gasteiger partial charge >= 0.3 is 0 Å². The van der Waals surface area contributed by atoms with E-state index in [0.717, 1.165) is 24.8 Å². The summed E-state index contributed by atoms with van der Waals surface area (Å²) >= 11 is 0. The summed E-state index contributed by atoms with van der Waals surface area (Å²) in [5, 5.41) is 2.95. The molecule has 2 atom stereocenters. The lowest BCUT2D eigenvalue weighted by atomic mass is 10.0. The van der Waals surface area contributed by atoms with E-state index in [1.807, 2.05) is 13.8 Å². The van der Waals surface area contributed by atoms with Crippen LogP contribution in [-0.4, -0.2) is 31.9 Å². The van der Waals surface area contributed by atoms with Gasteiger partial charge < -0.3 is 5.32 Å². The normalized spacial score (nSPS) is 24.2. The molecular weight excluding hydrogens is 291 g/mol. The minimum Gasteiger partial charge on any atom is -0.316 e. The van der Waals surface area contributed by atoms with Gasteiger partial charge in [-0.15, -0.1) is 0 Å². The molecule has 0 saturated carbocycles. The van der Waals surface area contributed by atoms with Crippen LogP contribution in [0.1, 0.15) is 38.7 Å². The van der Waals surface area contributed by atoms with Crippen LogP contribution >= 0.6 is 0 Å². The predicted octanol–water partition coefficient (Wildman–Crippen LogP) is 2.50. The molecule has 0 aliphatic carbocycles. The average molecular weight is 314 g/mol. The maximum atomic E-state index is 14.1. The first-order valence-corrected chi connectivity index (χ1v) is 8.78. The second-order valence-electron chi connectivity index (χ2n) is 5.76.